The van der Waals surface area contributed by atoms with Crippen LogP contribution >= 0.6 is 23.1 Å². The molecule has 156 valence electrons. The molecule has 0 radical (unpaired) electrons. The SMILES string of the molecule is O=C(CSc1ccccc1C(=O)Nc1ccc2sccc2c1)NCC1CCCCC1. The molecule has 0 aliphatic heterocycles. The minimum atomic E-state index is -0.157. The van der Waals surface area contributed by atoms with E-state index in [1.807, 2.05) is 47.8 Å². The van der Waals surface area contributed by atoms with E-state index in [4.69, 9.17) is 0 Å². The van der Waals surface area contributed by atoms with Crippen molar-refractivity contribution in [1.29, 1.82) is 0 Å². The largest absolute Gasteiger partial charge is 0.355 e. The van der Waals surface area contributed by atoms with Crippen LogP contribution in [-0.2, 0) is 4.79 Å². The molecule has 0 saturated heterocycles. The minimum Gasteiger partial charge on any atom is -0.355 e. The smallest absolute Gasteiger partial charge is 0.256 e. The van der Waals surface area contributed by atoms with Crippen LogP contribution in [-0.4, -0.2) is 24.1 Å². The van der Waals surface area contributed by atoms with Crippen molar-refractivity contribution in [2.75, 3.05) is 17.6 Å². The van der Waals surface area contributed by atoms with Gasteiger partial charge in [-0.2, -0.15) is 0 Å². The topological polar surface area (TPSA) is 58.2 Å². The van der Waals surface area contributed by atoms with Gasteiger partial charge in [-0.05, 0) is 65.9 Å². The van der Waals surface area contributed by atoms with Crippen molar-refractivity contribution < 1.29 is 9.59 Å². The van der Waals surface area contributed by atoms with Crippen molar-refractivity contribution in [2.45, 2.75) is 37.0 Å². The molecule has 2 N–H and O–H groups in total. The molecule has 0 bridgehead atoms. The fraction of sp³-hybridized carbons (Fsp3) is 0.333. The molecule has 4 nitrogen and oxygen atoms in total. The molecule has 4 rings (SSSR count). The number of hydrogen-bond donors (Lipinski definition) is 2. The zero-order valence-electron chi connectivity index (χ0n) is 16.9. The maximum Gasteiger partial charge on any atom is 0.256 e. The number of amides is 2. The number of carbonyl (C=O) groups excluding carboxylic acids is 2. The van der Waals surface area contributed by atoms with Gasteiger partial charge in [0.25, 0.3) is 5.91 Å². The Labute approximate surface area is 185 Å². The molecule has 2 amide bonds. The summed E-state index contributed by atoms with van der Waals surface area (Å²) in [6.07, 6.45) is 6.30. The first-order valence-electron chi connectivity index (χ1n) is 10.5. The molecule has 30 heavy (non-hydrogen) atoms. The predicted octanol–water partition coefficient (Wildman–Crippen LogP) is 5.94. The van der Waals surface area contributed by atoms with E-state index in [2.05, 4.69) is 10.6 Å². The van der Waals surface area contributed by atoms with E-state index >= 15 is 0 Å². The summed E-state index contributed by atoms with van der Waals surface area (Å²) in [5, 5.41) is 9.22. The van der Waals surface area contributed by atoms with Crippen LogP contribution in [0.5, 0.6) is 0 Å². The molecule has 0 unspecified atom stereocenters. The van der Waals surface area contributed by atoms with E-state index in [-0.39, 0.29) is 11.8 Å². The molecule has 1 aliphatic carbocycles. The Morgan fingerprint density at radius 1 is 1.03 bits per heavy atom. The number of anilines is 1. The summed E-state index contributed by atoms with van der Waals surface area (Å²) >= 11 is 3.10. The van der Waals surface area contributed by atoms with E-state index in [9.17, 15) is 9.59 Å². The summed E-state index contributed by atoms with van der Waals surface area (Å²) in [6.45, 7) is 0.770. The van der Waals surface area contributed by atoms with Crippen molar-refractivity contribution in [3.05, 3.63) is 59.5 Å². The lowest BCUT2D eigenvalue weighted by Crippen LogP contribution is -2.31. The van der Waals surface area contributed by atoms with Crippen LogP contribution in [0, 0.1) is 5.92 Å². The molecule has 1 heterocycles. The molecule has 1 aliphatic rings. The first-order chi connectivity index (χ1) is 14.7. The lowest BCUT2D eigenvalue weighted by Gasteiger charge is -2.21. The molecule has 1 aromatic heterocycles. The molecular weight excluding hydrogens is 412 g/mol. The number of thioether (sulfide) groups is 1. The van der Waals surface area contributed by atoms with E-state index in [1.165, 1.54) is 48.6 Å². The summed E-state index contributed by atoms with van der Waals surface area (Å²) in [7, 11) is 0. The highest BCUT2D eigenvalue weighted by Crippen LogP contribution is 2.27. The molecule has 0 spiro atoms. The Bertz CT molecular complexity index is 1020. The fourth-order valence-electron chi connectivity index (χ4n) is 3.87. The van der Waals surface area contributed by atoms with Crippen molar-refractivity contribution in [2.24, 2.45) is 5.92 Å². The lowest BCUT2D eigenvalue weighted by atomic mass is 9.89. The molecule has 2 aromatic carbocycles. The number of thiophene rings is 1. The van der Waals surface area contributed by atoms with Crippen molar-refractivity contribution in [3.8, 4) is 0 Å². The van der Waals surface area contributed by atoms with Gasteiger partial charge in [0.15, 0.2) is 0 Å². The third-order valence-electron chi connectivity index (χ3n) is 5.51. The minimum absolute atomic E-state index is 0.0312. The third kappa shape index (κ3) is 5.43. The summed E-state index contributed by atoms with van der Waals surface area (Å²) < 4.78 is 1.20. The van der Waals surface area contributed by atoms with Gasteiger partial charge in [-0.15, -0.1) is 23.1 Å². The fourth-order valence-corrected chi connectivity index (χ4v) is 5.52. The second kappa shape index (κ2) is 10.1. The molecule has 1 saturated carbocycles. The van der Waals surface area contributed by atoms with Crippen LogP contribution in [0.1, 0.15) is 42.5 Å². The Balaban J connectivity index is 1.34. The summed E-state index contributed by atoms with van der Waals surface area (Å²) in [6, 6.07) is 15.4. The summed E-state index contributed by atoms with van der Waals surface area (Å²) in [4.78, 5) is 26.0. The second-order valence-electron chi connectivity index (χ2n) is 7.72. The Hall–Kier alpha value is -2.31. The van der Waals surface area contributed by atoms with Gasteiger partial charge < -0.3 is 10.6 Å². The molecule has 6 heteroatoms. The first-order valence-corrected chi connectivity index (χ1v) is 12.3. The van der Waals surface area contributed by atoms with Gasteiger partial charge in [-0.25, -0.2) is 0 Å². The summed E-state index contributed by atoms with van der Waals surface area (Å²) in [5.41, 5.74) is 1.36. The zero-order chi connectivity index (χ0) is 20.8. The van der Waals surface area contributed by atoms with Crippen molar-refractivity contribution >= 4 is 50.7 Å². The number of hydrogen-bond acceptors (Lipinski definition) is 4. The van der Waals surface area contributed by atoms with Gasteiger partial charge in [0.2, 0.25) is 5.91 Å². The van der Waals surface area contributed by atoms with Gasteiger partial charge in [-0.3, -0.25) is 9.59 Å². The monoisotopic (exact) mass is 438 g/mol. The molecule has 0 atom stereocenters. The highest BCUT2D eigenvalue weighted by atomic mass is 32.2. The van der Waals surface area contributed by atoms with E-state index in [0.717, 1.165) is 22.5 Å². The zero-order valence-corrected chi connectivity index (χ0v) is 18.5. The van der Waals surface area contributed by atoms with Gasteiger partial charge in [0.05, 0.1) is 11.3 Å². The average Bonchev–Trinajstić information content (AvgIpc) is 3.25. The van der Waals surface area contributed by atoms with Crippen LogP contribution in [0.15, 0.2) is 58.8 Å². The van der Waals surface area contributed by atoms with E-state index < -0.39 is 0 Å². The summed E-state index contributed by atoms with van der Waals surface area (Å²) in [5.74, 6) is 0.808. The van der Waals surface area contributed by atoms with Crippen molar-refractivity contribution in [1.82, 2.24) is 5.32 Å². The number of carbonyl (C=O) groups is 2. The number of fused-ring (bicyclic) bond motifs is 1. The molecular formula is C24H26N2O2S2. The van der Waals surface area contributed by atoms with Gasteiger partial charge in [0, 0.05) is 21.8 Å². The van der Waals surface area contributed by atoms with Gasteiger partial charge >= 0.3 is 0 Å². The number of nitrogens with one attached hydrogen (secondary N) is 2. The van der Waals surface area contributed by atoms with Crippen LogP contribution in [0.3, 0.4) is 0 Å². The predicted molar refractivity (Wildman–Crippen MR) is 127 cm³/mol. The third-order valence-corrected chi connectivity index (χ3v) is 7.48. The highest BCUT2D eigenvalue weighted by molar-refractivity contribution is 8.00. The second-order valence-corrected chi connectivity index (χ2v) is 9.69. The maximum atomic E-state index is 12.9. The van der Waals surface area contributed by atoms with Crippen molar-refractivity contribution in [3.63, 3.8) is 0 Å². The molecule has 1 fully saturated rings. The standard InChI is InChI=1S/C24H26N2O2S2/c27-23(25-15-17-6-2-1-3-7-17)16-30-22-9-5-4-8-20(22)24(28)26-19-10-11-21-18(14-19)12-13-29-21/h4-5,8-14,17H,1-3,6-7,15-16H2,(H,25,27)(H,26,28). The quantitative estimate of drug-likeness (QED) is 0.449. The average molecular weight is 439 g/mol. The van der Waals surface area contributed by atoms with Crippen LogP contribution in [0.2, 0.25) is 0 Å². The Kier molecular flexibility index (Phi) is 7.07. The molecule has 3 aromatic rings. The first kappa shape index (κ1) is 20.9. The van der Waals surface area contributed by atoms with Gasteiger partial charge in [-0.1, -0.05) is 31.4 Å². The van der Waals surface area contributed by atoms with E-state index in [0.29, 0.717) is 17.2 Å². The van der Waals surface area contributed by atoms with Crippen LogP contribution in [0.25, 0.3) is 10.1 Å². The van der Waals surface area contributed by atoms with Gasteiger partial charge in [0.1, 0.15) is 0 Å². The highest BCUT2D eigenvalue weighted by Gasteiger charge is 2.16. The maximum absolute atomic E-state index is 12.9. The number of rotatable bonds is 7. The van der Waals surface area contributed by atoms with Crippen LogP contribution in [0.4, 0.5) is 5.69 Å². The van der Waals surface area contributed by atoms with E-state index in [1.54, 1.807) is 17.4 Å². The number of benzene rings is 2. The van der Waals surface area contributed by atoms with Crippen LogP contribution < -0.4 is 10.6 Å². The Morgan fingerprint density at radius 3 is 2.73 bits per heavy atom. The lowest BCUT2D eigenvalue weighted by molar-refractivity contribution is -0.118. The Morgan fingerprint density at radius 2 is 1.87 bits per heavy atom. The normalized spacial score (nSPS) is 14.5.